The highest BCUT2D eigenvalue weighted by Gasteiger charge is 2.10. The highest BCUT2D eigenvalue weighted by Crippen LogP contribution is 2.19. The number of aromatic nitrogens is 3. The normalized spacial score (nSPS) is 13.2. The van der Waals surface area contributed by atoms with Gasteiger partial charge >= 0.3 is 0 Å². The lowest BCUT2D eigenvalue weighted by atomic mass is 10.2. The molecule has 0 aliphatic rings. The second-order valence-corrected chi connectivity index (χ2v) is 7.17. The molecule has 1 unspecified atom stereocenters. The smallest absolute Gasteiger partial charge is 0.163 e. The highest BCUT2D eigenvalue weighted by atomic mass is 32.2. The van der Waals surface area contributed by atoms with Crippen LogP contribution in [0, 0.1) is 0 Å². The minimum Gasteiger partial charge on any atom is -0.382 e. The molecule has 1 heterocycles. The zero-order chi connectivity index (χ0) is 14.8. The van der Waals surface area contributed by atoms with E-state index in [4.69, 9.17) is 0 Å². The summed E-state index contributed by atoms with van der Waals surface area (Å²) < 4.78 is 24.3. The minimum atomic E-state index is -2.98. The molecule has 108 valence electrons. The highest BCUT2D eigenvalue weighted by molar-refractivity contribution is 7.90. The molecule has 1 aromatic carbocycles. The van der Waals surface area contributed by atoms with Gasteiger partial charge in [0.25, 0.3) is 0 Å². The van der Waals surface area contributed by atoms with Gasteiger partial charge in [-0.3, -0.25) is 0 Å². The second kappa shape index (κ2) is 5.62. The van der Waals surface area contributed by atoms with Crippen molar-refractivity contribution < 1.29 is 8.42 Å². The van der Waals surface area contributed by atoms with Crippen molar-refractivity contribution >= 4 is 15.5 Å². The van der Waals surface area contributed by atoms with Crippen LogP contribution in [0.2, 0.25) is 0 Å². The second-order valence-electron chi connectivity index (χ2n) is 4.98. The predicted octanol–water partition coefficient (Wildman–Crippen LogP) is 1.33. The fraction of sp³-hybridized carbons (Fsp3) is 0.385. The van der Waals surface area contributed by atoms with Crippen LogP contribution in [0.3, 0.4) is 0 Å². The molecule has 2 aromatic rings. The van der Waals surface area contributed by atoms with Gasteiger partial charge in [0.05, 0.1) is 5.75 Å². The molecule has 1 N–H and O–H groups in total. The van der Waals surface area contributed by atoms with Crippen LogP contribution in [0.25, 0.3) is 11.4 Å². The van der Waals surface area contributed by atoms with Crippen molar-refractivity contribution in [2.75, 3.05) is 17.3 Å². The Balaban J connectivity index is 2.07. The molecular weight excluding hydrogens is 276 g/mol. The van der Waals surface area contributed by atoms with Gasteiger partial charge in [0.15, 0.2) is 5.82 Å². The summed E-state index contributed by atoms with van der Waals surface area (Å²) in [6.07, 6.45) is 2.89. The summed E-state index contributed by atoms with van der Waals surface area (Å²) in [5, 5.41) is 11.0. The van der Waals surface area contributed by atoms with E-state index in [1.165, 1.54) is 6.26 Å². The summed E-state index contributed by atoms with van der Waals surface area (Å²) >= 11 is 0. The van der Waals surface area contributed by atoms with Crippen LogP contribution in [0.1, 0.15) is 6.92 Å². The standard InChI is InChI=1S/C13H18N4O2S/c1-10(8-20(3,18)19)15-12-6-4-11(5-7-12)13-16-14-9-17(13)2/h4-7,9-10,15H,8H2,1-3H3. The molecule has 0 aliphatic carbocycles. The first kappa shape index (κ1) is 14.5. The Kier molecular flexibility index (Phi) is 4.08. The molecule has 20 heavy (non-hydrogen) atoms. The van der Waals surface area contributed by atoms with E-state index in [0.29, 0.717) is 0 Å². The number of nitrogens with zero attached hydrogens (tertiary/aromatic N) is 3. The number of nitrogens with one attached hydrogen (secondary N) is 1. The molecule has 2 rings (SSSR count). The molecule has 0 saturated carbocycles. The first-order chi connectivity index (χ1) is 9.35. The van der Waals surface area contributed by atoms with E-state index in [2.05, 4.69) is 15.5 Å². The Labute approximate surface area is 118 Å². The summed E-state index contributed by atoms with van der Waals surface area (Å²) in [5.41, 5.74) is 1.85. The third-order valence-electron chi connectivity index (χ3n) is 2.82. The number of rotatable bonds is 5. The van der Waals surface area contributed by atoms with Crippen molar-refractivity contribution in [2.24, 2.45) is 7.05 Å². The van der Waals surface area contributed by atoms with Crippen LogP contribution in [0.5, 0.6) is 0 Å². The van der Waals surface area contributed by atoms with E-state index in [9.17, 15) is 8.42 Å². The van der Waals surface area contributed by atoms with E-state index < -0.39 is 9.84 Å². The SMILES string of the molecule is CC(CS(C)(=O)=O)Nc1ccc(-c2nncn2C)cc1. The van der Waals surface area contributed by atoms with Crippen LogP contribution in [0.15, 0.2) is 30.6 Å². The van der Waals surface area contributed by atoms with Crippen LogP contribution in [0.4, 0.5) is 5.69 Å². The molecular formula is C13H18N4O2S. The monoisotopic (exact) mass is 294 g/mol. The summed E-state index contributed by atoms with van der Waals surface area (Å²) in [7, 11) is -1.09. The molecule has 0 amide bonds. The maximum atomic E-state index is 11.2. The van der Waals surface area contributed by atoms with Gasteiger partial charge in [-0.2, -0.15) is 0 Å². The molecule has 7 heteroatoms. The molecule has 0 bridgehead atoms. The van der Waals surface area contributed by atoms with Gasteiger partial charge in [-0.1, -0.05) is 0 Å². The molecule has 0 radical (unpaired) electrons. The van der Waals surface area contributed by atoms with Crippen molar-refractivity contribution in [3.63, 3.8) is 0 Å². The van der Waals surface area contributed by atoms with Gasteiger partial charge < -0.3 is 9.88 Å². The van der Waals surface area contributed by atoms with Crippen molar-refractivity contribution in [2.45, 2.75) is 13.0 Å². The Hall–Kier alpha value is -1.89. The van der Waals surface area contributed by atoms with Crippen molar-refractivity contribution in [1.29, 1.82) is 0 Å². The van der Waals surface area contributed by atoms with E-state index in [-0.39, 0.29) is 11.8 Å². The lowest BCUT2D eigenvalue weighted by Gasteiger charge is -2.14. The Morgan fingerprint density at radius 2 is 1.95 bits per heavy atom. The zero-order valence-corrected chi connectivity index (χ0v) is 12.6. The molecule has 0 saturated heterocycles. The molecule has 0 spiro atoms. The van der Waals surface area contributed by atoms with E-state index >= 15 is 0 Å². The largest absolute Gasteiger partial charge is 0.382 e. The van der Waals surface area contributed by atoms with Crippen molar-refractivity contribution in [1.82, 2.24) is 14.8 Å². The predicted molar refractivity (Wildman–Crippen MR) is 79.2 cm³/mol. The molecule has 0 fully saturated rings. The lowest BCUT2D eigenvalue weighted by Crippen LogP contribution is -2.24. The summed E-state index contributed by atoms with van der Waals surface area (Å²) in [6.45, 7) is 1.84. The summed E-state index contributed by atoms with van der Waals surface area (Å²) in [6, 6.07) is 7.54. The van der Waals surface area contributed by atoms with E-state index in [1.54, 1.807) is 6.33 Å². The van der Waals surface area contributed by atoms with Crippen LogP contribution < -0.4 is 5.32 Å². The zero-order valence-electron chi connectivity index (χ0n) is 11.7. The molecule has 6 nitrogen and oxygen atoms in total. The number of hydrogen-bond donors (Lipinski definition) is 1. The number of benzene rings is 1. The third-order valence-corrected chi connectivity index (χ3v) is 3.93. The van der Waals surface area contributed by atoms with Gasteiger partial charge in [0.2, 0.25) is 0 Å². The first-order valence-corrected chi connectivity index (χ1v) is 8.30. The van der Waals surface area contributed by atoms with E-state index in [0.717, 1.165) is 17.1 Å². The van der Waals surface area contributed by atoms with Crippen LogP contribution in [-0.2, 0) is 16.9 Å². The number of hydrogen-bond acceptors (Lipinski definition) is 5. The fourth-order valence-electron chi connectivity index (χ4n) is 2.04. The lowest BCUT2D eigenvalue weighted by molar-refractivity contribution is 0.598. The Bertz CT molecular complexity index is 677. The third kappa shape index (κ3) is 3.80. The average molecular weight is 294 g/mol. The molecule has 0 aliphatic heterocycles. The average Bonchev–Trinajstić information content (AvgIpc) is 2.74. The Morgan fingerprint density at radius 1 is 1.30 bits per heavy atom. The first-order valence-electron chi connectivity index (χ1n) is 6.24. The van der Waals surface area contributed by atoms with Gasteiger partial charge in [-0.15, -0.1) is 10.2 Å². The fourth-order valence-corrected chi connectivity index (χ4v) is 3.03. The maximum Gasteiger partial charge on any atom is 0.163 e. The summed E-state index contributed by atoms with van der Waals surface area (Å²) in [5.74, 6) is 0.902. The minimum absolute atomic E-state index is 0.109. The van der Waals surface area contributed by atoms with Gasteiger partial charge in [0.1, 0.15) is 16.2 Å². The Morgan fingerprint density at radius 3 is 2.45 bits per heavy atom. The quantitative estimate of drug-likeness (QED) is 0.900. The van der Waals surface area contributed by atoms with Gasteiger partial charge in [-0.05, 0) is 31.2 Å². The molecule has 1 aromatic heterocycles. The van der Waals surface area contributed by atoms with Crippen molar-refractivity contribution in [3.05, 3.63) is 30.6 Å². The number of aryl methyl sites for hydroxylation is 1. The number of anilines is 1. The summed E-state index contributed by atoms with van der Waals surface area (Å²) in [4.78, 5) is 0. The van der Waals surface area contributed by atoms with Gasteiger partial charge in [-0.25, -0.2) is 8.42 Å². The molecule has 1 atom stereocenters. The van der Waals surface area contributed by atoms with Gasteiger partial charge in [0, 0.05) is 30.6 Å². The van der Waals surface area contributed by atoms with E-state index in [1.807, 2.05) is 42.8 Å². The topological polar surface area (TPSA) is 76.9 Å². The maximum absolute atomic E-state index is 11.2. The van der Waals surface area contributed by atoms with Crippen LogP contribution in [-0.4, -0.2) is 41.2 Å². The van der Waals surface area contributed by atoms with Crippen LogP contribution >= 0.6 is 0 Å². The van der Waals surface area contributed by atoms with Crippen molar-refractivity contribution in [3.8, 4) is 11.4 Å². The number of sulfone groups is 1.